The summed E-state index contributed by atoms with van der Waals surface area (Å²) in [5.41, 5.74) is 1.53. The van der Waals surface area contributed by atoms with Crippen LogP contribution in [0.2, 0.25) is 0 Å². The molecule has 0 amide bonds. The fourth-order valence-electron chi connectivity index (χ4n) is 1.46. The molecule has 0 bridgehead atoms. The second kappa shape index (κ2) is 3.97. The first-order valence-corrected chi connectivity index (χ1v) is 6.90. The molecule has 0 nitrogen and oxygen atoms in total. The quantitative estimate of drug-likeness (QED) is 0.642. The molecule has 0 radical (unpaired) electrons. The highest BCUT2D eigenvalue weighted by molar-refractivity contribution is 8.77. The summed E-state index contributed by atoms with van der Waals surface area (Å²) < 4.78 is 0. The van der Waals surface area contributed by atoms with Gasteiger partial charge in [-0.25, -0.2) is 0 Å². The third-order valence-electron chi connectivity index (χ3n) is 2.40. The van der Waals surface area contributed by atoms with Crippen molar-refractivity contribution in [3.63, 3.8) is 0 Å². The van der Waals surface area contributed by atoms with E-state index in [0.29, 0.717) is 0 Å². The first-order valence-electron chi connectivity index (χ1n) is 4.68. The number of fused-ring (bicyclic) bond motifs is 1. The number of rotatable bonds is 1. The predicted molar refractivity (Wildman–Crippen MR) is 62.2 cm³/mol. The van der Waals surface area contributed by atoms with Gasteiger partial charge in [-0.15, -0.1) is 0 Å². The predicted octanol–water partition coefficient (Wildman–Crippen LogP) is 4.01. The van der Waals surface area contributed by atoms with Gasteiger partial charge in [0.15, 0.2) is 0 Å². The molecule has 0 N–H and O–H groups in total. The molecule has 1 unspecified atom stereocenters. The van der Waals surface area contributed by atoms with Crippen molar-refractivity contribution < 1.29 is 0 Å². The Morgan fingerprint density at radius 3 is 2.85 bits per heavy atom. The number of benzene rings is 1. The molecule has 1 heterocycles. The van der Waals surface area contributed by atoms with Crippen LogP contribution in [0.3, 0.4) is 0 Å². The summed E-state index contributed by atoms with van der Waals surface area (Å²) in [7, 11) is 3.97. The summed E-state index contributed by atoms with van der Waals surface area (Å²) in [6, 6.07) is 8.76. The number of hydrogen-bond acceptors (Lipinski definition) is 2. The van der Waals surface area contributed by atoms with E-state index >= 15 is 0 Å². The molecular formula is C11H14S2. The molecule has 1 aliphatic rings. The Hall–Kier alpha value is -0.0800. The van der Waals surface area contributed by atoms with Crippen LogP contribution in [0, 0.1) is 5.92 Å². The normalized spacial score (nSPS) is 21.6. The Balaban J connectivity index is 2.20. The molecular weight excluding hydrogens is 196 g/mol. The summed E-state index contributed by atoms with van der Waals surface area (Å²) in [5.74, 6) is 0.783. The summed E-state index contributed by atoms with van der Waals surface area (Å²) in [5, 5.41) is 0.792. The molecule has 0 aliphatic carbocycles. The standard InChI is InChI=1S/C11H14S2/c1-8(2)11-7-9-5-3-4-6-10(9)12-13-11/h3-6,8,11H,7H2,1-2H3. The third kappa shape index (κ3) is 2.05. The average molecular weight is 210 g/mol. The maximum atomic E-state index is 2.31. The van der Waals surface area contributed by atoms with Crippen LogP contribution in [0.25, 0.3) is 0 Å². The van der Waals surface area contributed by atoms with Crippen LogP contribution in [-0.2, 0) is 6.42 Å². The van der Waals surface area contributed by atoms with E-state index in [1.807, 2.05) is 21.6 Å². The van der Waals surface area contributed by atoms with Crippen molar-refractivity contribution >= 4 is 21.6 Å². The lowest BCUT2D eigenvalue weighted by atomic mass is 10.0. The lowest BCUT2D eigenvalue weighted by Gasteiger charge is -2.25. The second-order valence-corrected chi connectivity index (χ2v) is 6.26. The molecule has 0 saturated carbocycles. The SMILES string of the molecule is CC(C)C1Cc2ccccc2SS1. The summed E-state index contributed by atoms with van der Waals surface area (Å²) in [6.07, 6.45) is 1.24. The third-order valence-corrected chi connectivity index (χ3v) is 5.60. The minimum absolute atomic E-state index is 0.783. The Morgan fingerprint density at radius 2 is 2.08 bits per heavy atom. The van der Waals surface area contributed by atoms with Crippen LogP contribution in [0.4, 0.5) is 0 Å². The van der Waals surface area contributed by atoms with Gasteiger partial charge in [0.2, 0.25) is 0 Å². The first-order chi connectivity index (χ1) is 6.27. The molecule has 1 aliphatic heterocycles. The summed E-state index contributed by atoms with van der Waals surface area (Å²) >= 11 is 0. The first kappa shape index (κ1) is 9.47. The van der Waals surface area contributed by atoms with Gasteiger partial charge in [-0.1, -0.05) is 53.6 Å². The van der Waals surface area contributed by atoms with Gasteiger partial charge >= 0.3 is 0 Å². The van der Waals surface area contributed by atoms with Gasteiger partial charge < -0.3 is 0 Å². The van der Waals surface area contributed by atoms with E-state index in [-0.39, 0.29) is 0 Å². The Bertz CT molecular complexity index is 294. The molecule has 1 aromatic rings. The van der Waals surface area contributed by atoms with E-state index in [1.54, 1.807) is 0 Å². The zero-order valence-electron chi connectivity index (χ0n) is 7.99. The van der Waals surface area contributed by atoms with Crippen molar-refractivity contribution in [3.8, 4) is 0 Å². The summed E-state index contributed by atoms with van der Waals surface area (Å²) in [4.78, 5) is 1.46. The maximum Gasteiger partial charge on any atom is 0.0218 e. The monoisotopic (exact) mass is 210 g/mol. The fourth-order valence-corrected chi connectivity index (χ4v) is 4.59. The van der Waals surface area contributed by atoms with Crippen LogP contribution in [0.15, 0.2) is 29.2 Å². The van der Waals surface area contributed by atoms with Crippen LogP contribution in [0.1, 0.15) is 19.4 Å². The largest absolute Gasteiger partial charge is 0.0849 e. The highest BCUT2D eigenvalue weighted by atomic mass is 33.1. The van der Waals surface area contributed by atoms with Crippen molar-refractivity contribution in [2.24, 2.45) is 5.92 Å². The van der Waals surface area contributed by atoms with E-state index in [9.17, 15) is 0 Å². The highest BCUT2D eigenvalue weighted by Gasteiger charge is 2.21. The zero-order valence-corrected chi connectivity index (χ0v) is 9.62. The number of hydrogen-bond donors (Lipinski definition) is 0. The maximum absolute atomic E-state index is 2.31. The van der Waals surface area contributed by atoms with Gasteiger partial charge in [-0.2, -0.15) is 0 Å². The van der Waals surface area contributed by atoms with Gasteiger partial charge in [0.1, 0.15) is 0 Å². The molecule has 0 fully saturated rings. The van der Waals surface area contributed by atoms with Crippen molar-refractivity contribution in [3.05, 3.63) is 29.8 Å². The minimum atomic E-state index is 0.783. The van der Waals surface area contributed by atoms with Crippen molar-refractivity contribution in [2.75, 3.05) is 0 Å². The van der Waals surface area contributed by atoms with Gasteiger partial charge in [0.25, 0.3) is 0 Å². The molecule has 13 heavy (non-hydrogen) atoms. The molecule has 0 aromatic heterocycles. The van der Waals surface area contributed by atoms with E-state index in [0.717, 1.165) is 11.2 Å². The van der Waals surface area contributed by atoms with Gasteiger partial charge in [-0.3, -0.25) is 0 Å². The lowest BCUT2D eigenvalue weighted by molar-refractivity contribution is 0.602. The molecule has 1 aromatic carbocycles. The minimum Gasteiger partial charge on any atom is -0.0849 e. The van der Waals surface area contributed by atoms with Gasteiger partial charge in [0.05, 0.1) is 0 Å². The summed E-state index contributed by atoms with van der Waals surface area (Å²) in [6.45, 7) is 4.62. The Kier molecular flexibility index (Phi) is 2.89. The molecule has 70 valence electrons. The highest BCUT2D eigenvalue weighted by Crippen LogP contribution is 2.45. The molecule has 0 saturated heterocycles. The van der Waals surface area contributed by atoms with Gasteiger partial charge in [0, 0.05) is 10.1 Å². The fraction of sp³-hybridized carbons (Fsp3) is 0.455. The van der Waals surface area contributed by atoms with Crippen LogP contribution >= 0.6 is 21.6 Å². The van der Waals surface area contributed by atoms with Crippen LogP contribution in [-0.4, -0.2) is 5.25 Å². The molecule has 2 rings (SSSR count). The van der Waals surface area contributed by atoms with E-state index in [2.05, 4.69) is 38.1 Å². The van der Waals surface area contributed by atoms with Crippen molar-refractivity contribution in [1.29, 1.82) is 0 Å². The van der Waals surface area contributed by atoms with Gasteiger partial charge in [-0.05, 0) is 24.0 Å². The van der Waals surface area contributed by atoms with Crippen molar-refractivity contribution in [1.82, 2.24) is 0 Å². The molecule has 1 atom stereocenters. The zero-order chi connectivity index (χ0) is 9.26. The topological polar surface area (TPSA) is 0 Å². The second-order valence-electron chi connectivity index (χ2n) is 3.77. The van der Waals surface area contributed by atoms with Crippen LogP contribution < -0.4 is 0 Å². The average Bonchev–Trinajstić information content (AvgIpc) is 2.17. The Labute approximate surface area is 87.9 Å². The Morgan fingerprint density at radius 1 is 1.31 bits per heavy atom. The lowest BCUT2D eigenvalue weighted by Crippen LogP contribution is -2.16. The smallest absolute Gasteiger partial charge is 0.0218 e. The van der Waals surface area contributed by atoms with E-state index in [1.165, 1.54) is 16.9 Å². The van der Waals surface area contributed by atoms with E-state index in [4.69, 9.17) is 0 Å². The molecule has 2 heteroatoms. The van der Waals surface area contributed by atoms with Crippen molar-refractivity contribution in [2.45, 2.75) is 30.4 Å². The van der Waals surface area contributed by atoms with E-state index < -0.39 is 0 Å². The molecule has 0 spiro atoms. The van der Waals surface area contributed by atoms with Crippen LogP contribution in [0.5, 0.6) is 0 Å².